The van der Waals surface area contributed by atoms with Crippen LogP contribution in [0.2, 0.25) is 0 Å². The van der Waals surface area contributed by atoms with Gasteiger partial charge in [-0.2, -0.15) is 5.10 Å². The maximum atomic E-state index is 4.15. The van der Waals surface area contributed by atoms with Crippen molar-refractivity contribution in [3.8, 4) is 0 Å². The number of nitrogens with zero attached hydrogens (tertiary/aromatic N) is 2. The van der Waals surface area contributed by atoms with E-state index in [9.17, 15) is 0 Å². The molecule has 1 aliphatic rings. The highest BCUT2D eigenvalue weighted by Gasteiger charge is 2.03. The summed E-state index contributed by atoms with van der Waals surface area (Å²) in [6, 6.07) is 1.94. The van der Waals surface area contributed by atoms with Crippen LogP contribution in [0.15, 0.2) is 24.5 Å². The van der Waals surface area contributed by atoms with Crippen LogP contribution in [-0.4, -0.2) is 22.9 Å². The normalized spacial score (nSPS) is 18.0. The summed E-state index contributed by atoms with van der Waals surface area (Å²) in [5.74, 6) is 0. The Bertz CT molecular complexity index is 248. The van der Waals surface area contributed by atoms with Gasteiger partial charge >= 0.3 is 0 Å². The van der Waals surface area contributed by atoms with Crippen LogP contribution in [0.25, 0.3) is 5.70 Å². The maximum absolute atomic E-state index is 4.15. The van der Waals surface area contributed by atoms with Crippen LogP contribution in [0.3, 0.4) is 0 Å². The van der Waals surface area contributed by atoms with E-state index in [1.165, 1.54) is 5.70 Å². The van der Waals surface area contributed by atoms with E-state index in [-0.39, 0.29) is 0 Å². The molecule has 0 saturated carbocycles. The van der Waals surface area contributed by atoms with Crippen LogP contribution >= 0.6 is 0 Å². The standard InChI is InChI=1S/C8H11N3/c1-3-8(7-9-4-1)11-6-2-5-10-11/h2-3,5-6,9H,1,4,7H2. The zero-order valence-corrected chi connectivity index (χ0v) is 6.33. The first-order valence-corrected chi connectivity index (χ1v) is 3.86. The van der Waals surface area contributed by atoms with Crippen molar-refractivity contribution in [2.24, 2.45) is 0 Å². The molecular formula is C8H11N3. The van der Waals surface area contributed by atoms with Gasteiger partial charge in [-0.15, -0.1) is 0 Å². The molecule has 0 radical (unpaired) electrons. The molecule has 2 heterocycles. The summed E-state index contributed by atoms with van der Waals surface area (Å²) in [6.07, 6.45) is 7.10. The first-order valence-electron chi connectivity index (χ1n) is 3.86. The number of nitrogens with one attached hydrogen (secondary N) is 1. The molecule has 11 heavy (non-hydrogen) atoms. The van der Waals surface area contributed by atoms with Crippen LogP contribution in [0.1, 0.15) is 6.42 Å². The van der Waals surface area contributed by atoms with E-state index in [0.29, 0.717) is 0 Å². The molecule has 3 nitrogen and oxygen atoms in total. The Morgan fingerprint density at radius 2 is 2.55 bits per heavy atom. The minimum absolute atomic E-state index is 0.932. The fraction of sp³-hybridized carbons (Fsp3) is 0.375. The van der Waals surface area contributed by atoms with Gasteiger partial charge in [0.1, 0.15) is 0 Å². The van der Waals surface area contributed by atoms with E-state index < -0.39 is 0 Å². The molecule has 0 spiro atoms. The summed E-state index contributed by atoms with van der Waals surface area (Å²) in [7, 11) is 0. The Balaban J connectivity index is 2.22. The van der Waals surface area contributed by atoms with E-state index in [0.717, 1.165) is 19.5 Å². The molecule has 0 atom stereocenters. The van der Waals surface area contributed by atoms with Crippen LogP contribution < -0.4 is 5.32 Å². The topological polar surface area (TPSA) is 29.9 Å². The first-order chi connectivity index (χ1) is 5.47. The molecule has 1 aromatic heterocycles. The second-order valence-corrected chi connectivity index (χ2v) is 2.61. The van der Waals surface area contributed by atoms with Gasteiger partial charge in [0.25, 0.3) is 0 Å². The average molecular weight is 149 g/mol. The van der Waals surface area contributed by atoms with Gasteiger partial charge in [0.05, 0.1) is 5.70 Å². The molecule has 0 aliphatic carbocycles. The van der Waals surface area contributed by atoms with Gasteiger partial charge in [0, 0.05) is 18.9 Å². The van der Waals surface area contributed by atoms with Gasteiger partial charge in [-0.3, -0.25) is 0 Å². The van der Waals surface area contributed by atoms with E-state index in [4.69, 9.17) is 0 Å². The van der Waals surface area contributed by atoms with Gasteiger partial charge in [-0.05, 0) is 19.0 Å². The van der Waals surface area contributed by atoms with Gasteiger partial charge in [-0.1, -0.05) is 6.08 Å². The van der Waals surface area contributed by atoms with Crippen molar-refractivity contribution in [2.75, 3.05) is 13.1 Å². The van der Waals surface area contributed by atoms with Crippen molar-refractivity contribution >= 4 is 5.70 Å². The lowest BCUT2D eigenvalue weighted by Gasteiger charge is -2.13. The number of hydrogen-bond acceptors (Lipinski definition) is 2. The second-order valence-electron chi connectivity index (χ2n) is 2.61. The fourth-order valence-electron chi connectivity index (χ4n) is 1.24. The van der Waals surface area contributed by atoms with E-state index in [1.807, 2.05) is 16.9 Å². The Morgan fingerprint density at radius 1 is 1.55 bits per heavy atom. The molecule has 0 saturated heterocycles. The third-order valence-corrected chi connectivity index (χ3v) is 1.81. The molecule has 1 aromatic rings. The van der Waals surface area contributed by atoms with Gasteiger partial charge in [0.2, 0.25) is 0 Å². The van der Waals surface area contributed by atoms with Gasteiger partial charge in [-0.25, -0.2) is 4.68 Å². The highest BCUT2D eigenvalue weighted by Crippen LogP contribution is 2.05. The van der Waals surface area contributed by atoms with Crippen LogP contribution in [0.4, 0.5) is 0 Å². The number of aromatic nitrogens is 2. The van der Waals surface area contributed by atoms with E-state index in [1.54, 1.807) is 6.20 Å². The molecule has 0 bridgehead atoms. The van der Waals surface area contributed by atoms with Crippen LogP contribution in [0, 0.1) is 0 Å². The quantitative estimate of drug-likeness (QED) is 0.637. The summed E-state index contributed by atoms with van der Waals surface area (Å²) in [6.45, 7) is 2.02. The summed E-state index contributed by atoms with van der Waals surface area (Å²) >= 11 is 0. The molecule has 2 rings (SSSR count). The lowest BCUT2D eigenvalue weighted by atomic mass is 10.2. The highest BCUT2D eigenvalue weighted by atomic mass is 15.3. The SMILES string of the molecule is C1=C(n2cccn2)CNCC1. The van der Waals surface area contributed by atoms with Crippen LogP contribution in [0.5, 0.6) is 0 Å². The number of rotatable bonds is 1. The molecular weight excluding hydrogens is 138 g/mol. The molecule has 0 amide bonds. The first kappa shape index (κ1) is 6.61. The third kappa shape index (κ3) is 1.33. The van der Waals surface area contributed by atoms with Crippen molar-refractivity contribution in [3.05, 3.63) is 24.5 Å². The molecule has 3 heteroatoms. The summed E-state index contributed by atoms with van der Waals surface area (Å²) in [5, 5.41) is 7.44. The average Bonchev–Trinajstić information content (AvgIpc) is 2.58. The van der Waals surface area contributed by atoms with Crippen molar-refractivity contribution in [1.82, 2.24) is 15.1 Å². The predicted octanol–water partition coefficient (Wildman–Crippen LogP) is 0.717. The lowest BCUT2D eigenvalue weighted by Crippen LogP contribution is -2.24. The fourth-order valence-corrected chi connectivity index (χ4v) is 1.24. The summed E-state index contributed by atoms with van der Waals surface area (Å²) in [5.41, 5.74) is 1.25. The lowest BCUT2D eigenvalue weighted by molar-refractivity contribution is 0.700. The van der Waals surface area contributed by atoms with Crippen molar-refractivity contribution in [3.63, 3.8) is 0 Å². The number of hydrogen-bond donors (Lipinski definition) is 1. The minimum Gasteiger partial charge on any atom is -0.311 e. The Kier molecular flexibility index (Phi) is 1.73. The van der Waals surface area contributed by atoms with Crippen molar-refractivity contribution < 1.29 is 0 Å². The maximum Gasteiger partial charge on any atom is 0.0518 e. The van der Waals surface area contributed by atoms with E-state index in [2.05, 4.69) is 16.5 Å². The highest BCUT2D eigenvalue weighted by molar-refractivity contribution is 5.46. The summed E-state index contributed by atoms with van der Waals surface area (Å²) < 4.78 is 1.91. The molecule has 58 valence electrons. The predicted molar refractivity (Wildman–Crippen MR) is 44.0 cm³/mol. The minimum atomic E-state index is 0.932. The van der Waals surface area contributed by atoms with Crippen molar-refractivity contribution in [2.45, 2.75) is 6.42 Å². The smallest absolute Gasteiger partial charge is 0.0518 e. The van der Waals surface area contributed by atoms with Crippen molar-refractivity contribution in [1.29, 1.82) is 0 Å². The Morgan fingerprint density at radius 3 is 3.18 bits per heavy atom. The molecule has 0 aromatic carbocycles. The summed E-state index contributed by atoms with van der Waals surface area (Å²) in [4.78, 5) is 0. The van der Waals surface area contributed by atoms with E-state index >= 15 is 0 Å². The molecule has 1 aliphatic heterocycles. The largest absolute Gasteiger partial charge is 0.311 e. The molecule has 0 unspecified atom stereocenters. The van der Waals surface area contributed by atoms with Gasteiger partial charge in [0.15, 0.2) is 0 Å². The molecule has 1 N–H and O–H groups in total. The monoisotopic (exact) mass is 149 g/mol. The third-order valence-electron chi connectivity index (χ3n) is 1.81. The van der Waals surface area contributed by atoms with Gasteiger partial charge < -0.3 is 5.32 Å². The molecule has 0 fully saturated rings. The van der Waals surface area contributed by atoms with Crippen LogP contribution in [-0.2, 0) is 0 Å². The Labute approximate surface area is 65.7 Å². The zero-order chi connectivity index (χ0) is 7.52. The zero-order valence-electron chi connectivity index (χ0n) is 6.33. The Hall–Kier alpha value is -1.09. The second kappa shape index (κ2) is 2.88.